The number of hydrogen-bond acceptors (Lipinski definition) is 12. The molecule has 2 aromatic heterocycles. The van der Waals surface area contributed by atoms with E-state index in [0.717, 1.165) is 4.68 Å². The smallest absolute Gasteiger partial charge is 0.411 e. The minimum atomic E-state index is -5.65. The maximum absolute atomic E-state index is 12.7. The van der Waals surface area contributed by atoms with Gasteiger partial charge in [0.05, 0.1) is 18.4 Å². The summed E-state index contributed by atoms with van der Waals surface area (Å²) in [4.78, 5) is 48.7. The number of fused-ring (bicyclic) bond motifs is 1. The second-order valence-electron chi connectivity index (χ2n) is 6.46. The lowest BCUT2D eigenvalue weighted by Crippen LogP contribution is -2.30. The molecule has 33 heavy (non-hydrogen) atoms. The molecule has 18 nitrogen and oxygen atoms in total. The van der Waals surface area contributed by atoms with Crippen molar-refractivity contribution in [1.29, 1.82) is 0 Å². The van der Waals surface area contributed by atoms with E-state index in [-0.39, 0.29) is 11.0 Å². The molecule has 0 amide bonds. The van der Waals surface area contributed by atoms with Gasteiger partial charge in [0.1, 0.15) is 5.52 Å². The zero-order chi connectivity index (χ0) is 24.6. The third-order valence-electron chi connectivity index (χ3n) is 3.92. The Kier molecular flexibility index (Phi) is 7.58. The van der Waals surface area contributed by atoms with Crippen molar-refractivity contribution < 1.29 is 56.4 Å². The molecule has 1 saturated heterocycles. The summed E-state index contributed by atoms with van der Waals surface area (Å²) in [5, 5.41) is 21.4. The van der Waals surface area contributed by atoms with Crippen LogP contribution in [0.3, 0.4) is 0 Å². The van der Waals surface area contributed by atoms with Gasteiger partial charge in [-0.25, -0.2) is 13.7 Å². The third-order valence-corrected chi connectivity index (χ3v) is 7.72. The molecule has 2 aromatic rings. The van der Waals surface area contributed by atoms with E-state index in [2.05, 4.69) is 28.6 Å². The Morgan fingerprint density at radius 1 is 1.12 bits per heavy atom. The Morgan fingerprint density at radius 3 is 2.45 bits per heavy atom. The first-order valence-electron chi connectivity index (χ1n) is 8.90. The number of phosphoric ester groups is 1. The number of aromatic nitrogens is 5. The summed E-state index contributed by atoms with van der Waals surface area (Å²) < 4.78 is 51.6. The molecule has 4 unspecified atom stereocenters. The van der Waals surface area contributed by atoms with Crippen molar-refractivity contribution in [1.82, 2.24) is 24.9 Å². The van der Waals surface area contributed by atoms with Gasteiger partial charge in [0.2, 0.25) is 0 Å². The lowest BCUT2D eigenvalue weighted by molar-refractivity contribution is -0.0169. The molecule has 0 bridgehead atoms. The van der Waals surface area contributed by atoms with Crippen LogP contribution in [-0.2, 0) is 38.0 Å². The molecule has 0 aliphatic carbocycles. The zero-order valence-electron chi connectivity index (χ0n) is 16.5. The van der Waals surface area contributed by atoms with Gasteiger partial charge in [0, 0.05) is 12.8 Å². The van der Waals surface area contributed by atoms with E-state index in [9.17, 15) is 28.6 Å². The van der Waals surface area contributed by atoms with Gasteiger partial charge in [-0.15, -0.1) is 10.2 Å². The first-order chi connectivity index (χ1) is 15.2. The standard InChI is InChI=1S/C12H18N5O13P3/c1-2-3-8-10-11(17(19)14-8)12(18)16(15-13-10)9-5-4-7(28-9)6-27-32(23,24)30-33(25,26)29-31(20,21)22/h4-5,7,9,19H,2-3,6H2,1H3,(H,23,24)(H,25,26)(H2,20,21,22). The van der Waals surface area contributed by atoms with Crippen molar-refractivity contribution in [2.75, 3.05) is 6.61 Å². The highest BCUT2D eigenvalue weighted by atomic mass is 31.3. The van der Waals surface area contributed by atoms with E-state index in [1.165, 1.54) is 12.8 Å². The van der Waals surface area contributed by atoms with Crippen LogP contribution < -0.4 is 5.56 Å². The summed E-state index contributed by atoms with van der Waals surface area (Å²) in [6.07, 6.45) is 1.50. The zero-order valence-corrected chi connectivity index (χ0v) is 19.2. The van der Waals surface area contributed by atoms with E-state index in [1.807, 2.05) is 6.92 Å². The van der Waals surface area contributed by atoms with Gasteiger partial charge in [-0.05, 0) is 6.42 Å². The van der Waals surface area contributed by atoms with E-state index in [1.54, 1.807) is 0 Å². The highest BCUT2D eigenvalue weighted by molar-refractivity contribution is 7.66. The largest absolute Gasteiger partial charge is 0.490 e. The van der Waals surface area contributed by atoms with Crippen molar-refractivity contribution in [3.63, 3.8) is 0 Å². The molecule has 184 valence electrons. The lowest BCUT2D eigenvalue weighted by atomic mass is 10.2. The second-order valence-corrected chi connectivity index (χ2v) is 10.9. The topological polar surface area (TPSA) is 255 Å². The van der Waals surface area contributed by atoms with E-state index in [0.29, 0.717) is 23.4 Å². The van der Waals surface area contributed by atoms with Crippen LogP contribution in [0.4, 0.5) is 0 Å². The first kappa shape index (κ1) is 26.1. The van der Waals surface area contributed by atoms with Crippen LogP contribution >= 0.6 is 23.5 Å². The minimum absolute atomic E-state index is 0.117. The molecule has 0 saturated carbocycles. The summed E-state index contributed by atoms with van der Waals surface area (Å²) in [5.41, 5.74) is -0.530. The Morgan fingerprint density at radius 2 is 1.82 bits per heavy atom. The molecular formula is C12H18N5O13P3. The van der Waals surface area contributed by atoms with Crippen LogP contribution in [0.15, 0.2) is 4.79 Å². The van der Waals surface area contributed by atoms with Crippen LogP contribution in [0.1, 0.15) is 25.3 Å². The normalized spacial score (nSPS) is 22.9. The number of rotatable bonds is 10. The SMILES string of the molecule is CCCc1nn(O)c2c(=O)n(C3[CH][CH]C(COP(=O)(O)OP(=O)(O)OP(=O)(O)O)O3)nnc12. The van der Waals surface area contributed by atoms with Crippen LogP contribution in [0.2, 0.25) is 0 Å². The number of aryl methyl sites for hydroxylation is 1. The van der Waals surface area contributed by atoms with Crippen molar-refractivity contribution in [2.24, 2.45) is 0 Å². The van der Waals surface area contributed by atoms with Crippen molar-refractivity contribution in [3.8, 4) is 0 Å². The maximum atomic E-state index is 12.7. The van der Waals surface area contributed by atoms with E-state index in [4.69, 9.17) is 19.4 Å². The predicted octanol–water partition coefficient (Wildman–Crippen LogP) is -0.173. The van der Waals surface area contributed by atoms with Crippen molar-refractivity contribution >= 4 is 34.5 Å². The molecule has 0 spiro atoms. The van der Waals surface area contributed by atoms with Crippen LogP contribution in [0.5, 0.6) is 0 Å². The quantitative estimate of drug-likeness (QED) is 0.196. The monoisotopic (exact) mass is 533 g/mol. The Balaban J connectivity index is 1.66. The van der Waals surface area contributed by atoms with Crippen LogP contribution in [0, 0.1) is 12.8 Å². The summed E-state index contributed by atoms with van der Waals surface area (Å²) in [6.45, 7) is 1.12. The van der Waals surface area contributed by atoms with Gasteiger partial charge in [-0.1, -0.05) is 23.4 Å². The van der Waals surface area contributed by atoms with Gasteiger partial charge >= 0.3 is 29.0 Å². The second kappa shape index (κ2) is 9.60. The van der Waals surface area contributed by atoms with Crippen LogP contribution in [0.25, 0.3) is 11.0 Å². The predicted molar refractivity (Wildman–Crippen MR) is 103 cm³/mol. The van der Waals surface area contributed by atoms with Crippen molar-refractivity contribution in [2.45, 2.75) is 32.1 Å². The van der Waals surface area contributed by atoms with Gasteiger partial charge in [0.15, 0.2) is 11.7 Å². The molecular weight excluding hydrogens is 515 g/mol. The summed E-state index contributed by atoms with van der Waals surface area (Å²) in [7, 11) is -16.5. The highest BCUT2D eigenvalue weighted by Crippen LogP contribution is 2.66. The molecule has 21 heteroatoms. The fourth-order valence-electron chi connectivity index (χ4n) is 2.74. The fraction of sp³-hybridized carbons (Fsp3) is 0.500. The first-order valence-corrected chi connectivity index (χ1v) is 13.4. The van der Waals surface area contributed by atoms with Gasteiger partial charge in [-0.3, -0.25) is 9.32 Å². The van der Waals surface area contributed by atoms with Gasteiger partial charge in [-0.2, -0.15) is 13.3 Å². The molecule has 2 radical (unpaired) electrons. The average Bonchev–Trinajstić information content (AvgIpc) is 3.23. The molecule has 1 aliphatic heterocycles. The fourth-order valence-corrected chi connectivity index (χ4v) is 5.77. The molecule has 4 atom stereocenters. The summed E-state index contributed by atoms with van der Waals surface area (Å²) in [5.74, 6) is 0. The molecule has 3 heterocycles. The summed E-state index contributed by atoms with van der Waals surface area (Å²) >= 11 is 0. The van der Waals surface area contributed by atoms with Crippen molar-refractivity contribution in [3.05, 3.63) is 28.9 Å². The average molecular weight is 533 g/mol. The Labute approximate surface area is 184 Å². The number of ether oxygens (including phenoxy) is 1. The summed E-state index contributed by atoms with van der Waals surface area (Å²) in [6, 6.07) is 0. The molecule has 3 rings (SSSR count). The highest BCUT2D eigenvalue weighted by Gasteiger charge is 2.41. The van der Waals surface area contributed by atoms with E-state index < -0.39 is 48.0 Å². The molecule has 0 aromatic carbocycles. The maximum Gasteiger partial charge on any atom is 0.490 e. The molecule has 5 N–H and O–H groups in total. The van der Waals surface area contributed by atoms with Gasteiger partial charge in [0.25, 0.3) is 0 Å². The van der Waals surface area contributed by atoms with Gasteiger partial charge < -0.3 is 29.5 Å². The van der Waals surface area contributed by atoms with Crippen LogP contribution in [-0.4, -0.2) is 62.4 Å². The number of hydrogen-bond donors (Lipinski definition) is 5. The number of phosphoric acid groups is 3. The van der Waals surface area contributed by atoms with E-state index >= 15 is 0 Å². The lowest BCUT2D eigenvalue weighted by Gasteiger charge is -2.18. The number of nitrogens with zero attached hydrogens (tertiary/aromatic N) is 5. The molecule has 1 aliphatic rings. The molecule has 1 fully saturated rings. The Bertz CT molecular complexity index is 1220. The minimum Gasteiger partial charge on any atom is -0.411 e. The third kappa shape index (κ3) is 6.53. The Hall–Kier alpha value is -1.55.